The number of unbranched alkanes of at least 4 members (excludes halogenated alkanes) is 1. The van der Waals surface area contributed by atoms with Crippen LogP contribution in [0.3, 0.4) is 0 Å². The first-order chi connectivity index (χ1) is 21.6. The van der Waals surface area contributed by atoms with Gasteiger partial charge >= 0.3 is 0 Å². The number of halogens is 2. The zero-order valence-corrected chi connectivity index (χ0v) is 27.7. The van der Waals surface area contributed by atoms with Crippen molar-refractivity contribution in [3.63, 3.8) is 0 Å². The lowest BCUT2D eigenvalue weighted by atomic mass is 10.0. The highest BCUT2D eigenvalue weighted by atomic mass is 79.9. The first-order valence-corrected chi connectivity index (χ1v) is 17.0. The fourth-order valence-corrected chi connectivity index (χ4v) is 6.50. The van der Waals surface area contributed by atoms with E-state index in [1.54, 1.807) is 48.5 Å². The van der Waals surface area contributed by atoms with E-state index in [0.29, 0.717) is 17.8 Å². The van der Waals surface area contributed by atoms with Crippen LogP contribution in [0.2, 0.25) is 0 Å². The van der Waals surface area contributed by atoms with E-state index in [9.17, 15) is 22.4 Å². The van der Waals surface area contributed by atoms with Gasteiger partial charge in [-0.15, -0.1) is 0 Å². The predicted molar refractivity (Wildman–Crippen MR) is 179 cm³/mol. The van der Waals surface area contributed by atoms with Gasteiger partial charge in [0.2, 0.25) is 11.8 Å². The topological polar surface area (TPSA) is 86.8 Å². The molecule has 0 bridgehead atoms. The average molecular weight is 695 g/mol. The normalized spacial score (nSPS) is 11.9. The molecule has 0 radical (unpaired) electrons. The molecule has 7 nitrogen and oxygen atoms in total. The number of anilines is 1. The minimum Gasteiger partial charge on any atom is -0.354 e. The summed E-state index contributed by atoms with van der Waals surface area (Å²) in [5, 5.41) is 2.96. The van der Waals surface area contributed by atoms with E-state index in [0.717, 1.165) is 32.7 Å². The number of sulfonamides is 1. The number of nitrogens with one attached hydrogen (secondary N) is 1. The van der Waals surface area contributed by atoms with Gasteiger partial charge in [0.1, 0.15) is 18.4 Å². The van der Waals surface area contributed by atoms with Crippen LogP contribution in [-0.4, -0.2) is 44.3 Å². The van der Waals surface area contributed by atoms with Gasteiger partial charge in [0.05, 0.1) is 10.6 Å². The monoisotopic (exact) mass is 693 g/mol. The van der Waals surface area contributed by atoms with Crippen LogP contribution in [0.15, 0.2) is 112 Å². The molecule has 4 aromatic rings. The van der Waals surface area contributed by atoms with E-state index >= 15 is 0 Å². The number of rotatable bonds is 14. The maximum absolute atomic E-state index is 14.4. The zero-order valence-electron chi connectivity index (χ0n) is 25.3. The molecule has 1 atom stereocenters. The van der Waals surface area contributed by atoms with Gasteiger partial charge in [-0.05, 0) is 73.0 Å². The van der Waals surface area contributed by atoms with E-state index in [1.165, 1.54) is 29.2 Å². The Balaban J connectivity index is 1.78. The molecule has 0 heterocycles. The van der Waals surface area contributed by atoms with Crippen LogP contribution in [0.4, 0.5) is 10.1 Å². The van der Waals surface area contributed by atoms with Gasteiger partial charge in [-0.1, -0.05) is 89.4 Å². The smallest absolute Gasteiger partial charge is 0.264 e. The molecule has 236 valence electrons. The number of hydrogen-bond acceptors (Lipinski definition) is 4. The number of aryl methyl sites for hydroxylation is 1. The second-order valence-corrected chi connectivity index (χ2v) is 13.6. The second kappa shape index (κ2) is 15.8. The number of carbonyl (C=O) groups is 2. The van der Waals surface area contributed by atoms with Crippen LogP contribution < -0.4 is 9.62 Å². The highest BCUT2D eigenvalue weighted by molar-refractivity contribution is 9.10. The summed E-state index contributed by atoms with van der Waals surface area (Å²) in [7, 11) is -4.19. The summed E-state index contributed by atoms with van der Waals surface area (Å²) in [6.07, 6.45) is 1.84. The molecule has 2 amide bonds. The summed E-state index contributed by atoms with van der Waals surface area (Å²) >= 11 is 3.39. The molecule has 0 aliphatic rings. The Labute approximate surface area is 273 Å². The second-order valence-electron chi connectivity index (χ2n) is 10.8. The van der Waals surface area contributed by atoms with Crippen LogP contribution in [0.5, 0.6) is 0 Å². The van der Waals surface area contributed by atoms with Gasteiger partial charge in [-0.2, -0.15) is 0 Å². The summed E-state index contributed by atoms with van der Waals surface area (Å²) in [4.78, 5) is 29.6. The van der Waals surface area contributed by atoms with Gasteiger partial charge < -0.3 is 10.2 Å². The van der Waals surface area contributed by atoms with Crippen LogP contribution in [0.25, 0.3) is 0 Å². The summed E-state index contributed by atoms with van der Waals surface area (Å²) in [6.45, 7) is 3.72. The summed E-state index contributed by atoms with van der Waals surface area (Å²) < 4.78 is 43.8. The lowest BCUT2D eigenvalue weighted by molar-refractivity contribution is -0.140. The average Bonchev–Trinajstić information content (AvgIpc) is 3.03. The molecular formula is C35H37BrFN3O4S. The largest absolute Gasteiger partial charge is 0.354 e. The Morgan fingerprint density at radius 2 is 1.51 bits per heavy atom. The molecule has 4 rings (SSSR count). The van der Waals surface area contributed by atoms with Gasteiger partial charge in [0.25, 0.3) is 10.0 Å². The van der Waals surface area contributed by atoms with E-state index < -0.39 is 34.3 Å². The quantitative estimate of drug-likeness (QED) is 0.150. The van der Waals surface area contributed by atoms with Crippen LogP contribution in [-0.2, 0) is 32.6 Å². The molecule has 0 fully saturated rings. The van der Waals surface area contributed by atoms with Gasteiger partial charge in [0.15, 0.2) is 0 Å². The molecule has 0 aliphatic carbocycles. The minimum atomic E-state index is -4.19. The van der Waals surface area contributed by atoms with Gasteiger partial charge in [-0.3, -0.25) is 13.9 Å². The third-order valence-corrected chi connectivity index (χ3v) is 9.69. The van der Waals surface area contributed by atoms with Crippen LogP contribution in [0.1, 0.15) is 36.5 Å². The van der Waals surface area contributed by atoms with Crippen molar-refractivity contribution in [3.05, 3.63) is 130 Å². The van der Waals surface area contributed by atoms with Crippen molar-refractivity contribution >= 4 is 43.5 Å². The van der Waals surface area contributed by atoms with Crippen molar-refractivity contribution < 1.29 is 22.4 Å². The summed E-state index contributed by atoms with van der Waals surface area (Å²) in [5.41, 5.74) is 2.62. The Morgan fingerprint density at radius 3 is 2.13 bits per heavy atom. The molecule has 45 heavy (non-hydrogen) atoms. The molecule has 0 saturated carbocycles. The van der Waals surface area contributed by atoms with Crippen LogP contribution >= 0.6 is 15.9 Å². The van der Waals surface area contributed by atoms with Gasteiger partial charge in [0, 0.05) is 24.0 Å². The maximum Gasteiger partial charge on any atom is 0.264 e. The summed E-state index contributed by atoms with van der Waals surface area (Å²) in [6, 6.07) is 27.1. The predicted octanol–water partition coefficient (Wildman–Crippen LogP) is 6.65. The first-order valence-electron chi connectivity index (χ1n) is 14.8. The number of amides is 2. The highest BCUT2D eigenvalue weighted by Crippen LogP contribution is 2.27. The highest BCUT2D eigenvalue weighted by Gasteiger charge is 2.34. The molecule has 0 spiro atoms. The molecular weight excluding hydrogens is 657 g/mol. The Bertz CT molecular complexity index is 1670. The molecule has 0 aliphatic heterocycles. The van der Waals surface area contributed by atoms with Crippen molar-refractivity contribution in [3.8, 4) is 0 Å². The number of carbonyl (C=O) groups excluding carboxylic acids is 2. The SMILES string of the molecule is CCCCNC(=O)[C@@H](Cc1ccccc1)N(Cc1ccc(F)cc1)C(=O)CN(c1ccc(Br)cc1)S(=O)(=O)c1ccc(C)cc1. The molecule has 0 unspecified atom stereocenters. The Morgan fingerprint density at radius 1 is 0.867 bits per heavy atom. The molecule has 10 heteroatoms. The molecule has 0 aromatic heterocycles. The third kappa shape index (κ3) is 9.25. The standard InChI is InChI=1S/C35H37BrFN3O4S/c1-3-4-22-38-35(42)33(23-27-8-6-5-7-9-27)39(24-28-12-16-30(37)17-13-28)34(41)25-40(31-18-14-29(36)15-19-31)45(43,44)32-20-10-26(2)11-21-32/h5-21,33H,3-4,22-25H2,1-2H3,(H,38,42)/t33-/m1/s1. The number of nitrogens with zero attached hydrogens (tertiary/aromatic N) is 2. The molecule has 0 saturated heterocycles. The summed E-state index contributed by atoms with van der Waals surface area (Å²) in [5.74, 6) is -1.36. The van der Waals surface area contributed by atoms with E-state index in [2.05, 4.69) is 21.2 Å². The molecule has 1 N–H and O–H groups in total. The van der Waals surface area contributed by atoms with Crippen LogP contribution in [0, 0.1) is 12.7 Å². The fourth-order valence-electron chi connectivity index (χ4n) is 4.82. The van der Waals surface area contributed by atoms with E-state index in [1.807, 2.05) is 44.2 Å². The van der Waals surface area contributed by atoms with Crippen molar-refractivity contribution in [1.29, 1.82) is 0 Å². The maximum atomic E-state index is 14.4. The minimum absolute atomic E-state index is 0.0312. The first kappa shape index (κ1) is 33.9. The van der Waals surface area contributed by atoms with Gasteiger partial charge in [-0.25, -0.2) is 12.8 Å². The third-order valence-electron chi connectivity index (χ3n) is 7.37. The lowest BCUT2D eigenvalue weighted by Gasteiger charge is -2.34. The van der Waals surface area contributed by atoms with Crippen molar-refractivity contribution in [2.45, 2.75) is 50.6 Å². The van der Waals surface area contributed by atoms with Crippen molar-refractivity contribution in [2.24, 2.45) is 0 Å². The molecule has 4 aromatic carbocycles. The van der Waals surface area contributed by atoms with E-state index in [-0.39, 0.29) is 23.8 Å². The zero-order chi connectivity index (χ0) is 32.4. The number of hydrogen-bond donors (Lipinski definition) is 1. The fraction of sp³-hybridized carbons (Fsp3) is 0.257. The Hall–Kier alpha value is -4.02. The van der Waals surface area contributed by atoms with Crippen molar-refractivity contribution in [2.75, 3.05) is 17.4 Å². The lowest BCUT2D eigenvalue weighted by Crippen LogP contribution is -2.53. The van der Waals surface area contributed by atoms with Crippen molar-refractivity contribution in [1.82, 2.24) is 10.2 Å². The Kier molecular flexibility index (Phi) is 11.9. The number of benzene rings is 4. The van der Waals surface area contributed by atoms with E-state index in [4.69, 9.17) is 0 Å².